The van der Waals surface area contributed by atoms with Crippen molar-refractivity contribution in [2.24, 2.45) is 0 Å². The van der Waals surface area contributed by atoms with Gasteiger partial charge in [-0.05, 0) is 127 Å². The van der Waals surface area contributed by atoms with Gasteiger partial charge in [0.05, 0.1) is 41.4 Å². The molecule has 16 heteroatoms. The minimum Gasteiger partial charge on any atom is -0.398 e. The highest BCUT2D eigenvalue weighted by Gasteiger charge is 2.31. The van der Waals surface area contributed by atoms with Gasteiger partial charge in [0.25, 0.3) is 5.24 Å². The van der Waals surface area contributed by atoms with Crippen LogP contribution >= 0.6 is 11.6 Å². The Bertz CT molecular complexity index is 2730. The number of ketones is 1. The number of aryl methyl sites for hydroxylation is 4. The summed E-state index contributed by atoms with van der Waals surface area (Å²) in [6, 6.07) is 21.2. The van der Waals surface area contributed by atoms with Crippen molar-refractivity contribution >= 4 is 40.4 Å². The maximum absolute atomic E-state index is 13.4. The normalized spacial score (nSPS) is 15.8. The number of benzene rings is 4. The van der Waals surface area contributed by atoms with E-state index in [4.69, 9.17) is 17.3 Å². The van der Waals surface area contributed by atoms with Crippen LogP contribution in [0.1, 0.15) is 51.0 Å². The van der Waals surface area contributed by atoms with Crippen molar-refractivity contribution in [3.8, 4) is 11.4 Å². The first-order valence-corrected chi connectivity index (χ1v) is 20.1. The van der Waals surface area contributed by atoms with Gasteiger partial charge in [-0.2, -0.15) is 10.2 Å². The standard InChI is InChI=1S/C24H23FN4O2.C12H10ClFN2O2.C11H13N3/c1-15-12-26-29(13-15)20-9-4-16(2)18(10-20)11-22(30)21-14-28(3)24(31)27-23(21)17-5-7-19(25)8-6-17;1-16-6-9(11(13)17)10(15-12(16)18)7-2-4-8(14)5-3-7;1-8-6-13-14(7-8)10-4-3-9(2)11(12)5-10/h4-10,12-14,23H,11H2,1-3H3,(H,27,31);2-6,10H,1H3,(H,15,18);3-7H,12H2,1-2H3/t23-;10-;/m00./s1. The van der Waals surface area contributed by atoms with E-state index in [2.05, 4.69) is 20.8 Å². The van der Waals surface area contributed by atoms with Crippen LogP contribution in [0.25, 0.3) is 11.4 Å². The number of nitrogens with one attached hydrogen (secondary N) is 2. The number of rotatable bonds is 8. The molecule has 8 rings (SSSR count). The number of aromatic nitrogens is 4. The number of urea groups is 2. The molecule has 2 aliphatic heterocycles. The van der Waals surface area contributed by atoms with E-state index in [0.29, 0.717) is 16.7 Å². The number of carbonyl (C=O) groups is 4. The van der Waals surface area contributed by atoms with E-state index >= 15 is 0 Å². The zero-order valence-electron chi connectivity index (χ0n) is 35.4. The molecule has 2 atom stereocenters. The second-order valence-electron chi connectivity index (χ2n) is 15.2. The molecule has 0 unspecified atom stereocenters. The van der Waals surface area contributed by atoms with Crippen LogP contribution in [0.5, 0.6) is 0 Å². The molecule has 2 aromatic heterocycles. The number of halogens is 3. The number of hydrogen-bond acceptors (Lipinski definition) is 7. The van der Waals surface area contributed by atoms with Crippen LogP contribution in [-0.4, -0.2) is 66.5 Å². The van der Waals surface area contributed by atoms with Crippen LogP contribution < -0.4 is 16.4 Å². The third-order valence-corrected chi connectivity index (χ3v) is 10.5. The lowest BCUT2D eigenvalue weighted by molar-refractivity contribution is -0.115. The molecule has 0 fully saturated rings. The quantitative estimate of drug-likeness (QED) is 0.103. The molecule has 63 heavy (non-hydrogen) atoms. The van der Waals surface area contributed by atoms with Gasteiger partial charge in [0, 0.05) is 56.6 Å². The molecule has 324 valence electrons. The topological polar surface area (TPSA) is 160 Å². The summed E-state index contributed by atoms with van der Waals surface area (Å²) >= 11 is 5.49. The number of carbonyl (C=O) groups excluding carboxylic acids is 4. The highest BCUT2D eigenvalue weighted by molar-refractivity contribution is 6.67. The van der Waals surface area contributed by atoms with E-state index in [0.717, 1.165) is 44.9 Å². The van der Waals surface area contributed by atoms with E-state index in [-0.39, 0.29) is 41.5 Å². The van der Waals surface area contributed by atoms with Crippen molar-refractivity contribution in [1.82, 2.24) is 40.0 Å². The van der Waals surface area contributed by atoms with Crippen molar-refractivity contribution in [2.45, 2.75) is 46.2 Å². The lowest BCUT2D eigenvalue weighted by Crippen LogP contribution is -2.43. The van der Waals surface area contributed by atoms with Gasteiger partial charge >= 0.3 is 12.1 Å². The maximum atomic E-state index is 13.4. The van der Waals surface area contributed by atoms with Gasteiger partial charge in [-0.3, -0.25) is 9.59 Å². The van der Waals surface area contributed by atoms with Crippen molar-refractivity contribution in [1.29, 1.82) is 0 Å². The molecule has 4 aromatic carbocycles. The third kappa shape index (κ3) is 11.1. The van der Waals surface area contributed by atoms with E-state index in [9.17, 15) is 28.0 Å². The largest absolute Gasteiger partial charge is 0.398 e. The van der Waals surface area contributed by atoms with E-state index in [1.54, 1.807) is 36.3 Å². The molecule has 0 spiro atoms. The molecule has 4 N–H and O–H groups in total. The van der Waals surface area contributed by atoms with Crippen LogP contribution in [0.3, 0.4) is 0 Å². The molecule has 0 bridgehead atoms. The number of Topliss-reactive ketones (excluding diaryl/α,β-unsaturated/α-hetero) is 1. The van der Waals surface area contributed by atoms with Crippen LogP contribution in [0, 0.1) is 39.3 Å². The van der Waals surface area contributed by atoms with E-state index < -0.39 is 17.3 Å². The molecular weight excluding hydrogens is 828 g/mol. The smallest absolute Gasteiger partial charge is 0.321 e. The molecule has 4 heterocycles. The molecule has 4 amide bonds. The Kier molecular flexibility index (Phi) is 14.0. The van der Waals surface area contributed by atoms with Gasteiger partial charge in [-0.1, -0.05) is 36.4 Å². The van der Waals surface area contributed by atoms with Crippen LogP contribution in [0.2, 0.25) is 0 Å². The third-order valence-electron chi connectivity index (χ3n) is 10.3. The van der Waals surface area contributed by atoms with Crippen molar-refractivity contribution in [3.05, 3.63) is 184 Å². The van der Waals surface area contributed by atoms with Crippen molar-refractivity contribution < 1.29 is 28.0 Å². The average molecular weight is 874 g/mol. The van der Waals surface area contributed by atoms with Crippen LogP contribution in [-0.2, 0) is 16.0 Å². The predicted octanol–water partition coefficient (Wildman–Crippen LogP) is 8.26. The molecule has 2 aliphatic rings. The zero-order chi connectivity index (χ0) is 45.5. The minimum absolute atomic E-state index is 0.113. The van der Waals surface area contributed by atoms with Gasteiger partial charge in [0.15, 0.2) is 5.78 Å². The SMILES string of the molecule is CN1C=C(C(=O)Cl)[C@H](c2ccc(F)cc2)NC1=O.Cc1cnn(-c2ccc(C)c(CC(=O)C3=CN(C)C(=O)N[C@H]3c3ccc(F)cc3)c2)c1.Cc1cnn(-c2ccc(C)c(N)c2)c1. The Labute approximate surface area is 368 Å². The summed E-state index contributed by atoms with van der Waals surface area (Å²) in [7, 11) is 3.10. The van der Waals surface area contributed by atoms with Gasteiger partial charge in [0.1, 0.15) is 11.6 Å². The van der Waals surface area contributed by atoms with Crippen LogP contribution in [0.15, 0.2) is 133 Å². The Balaban J connectivity index is 0.000000174. The number of anilines is 1. The number of nitrogens with two attached hydrogens (primary N) is 1. The highest BCUT2D eigenvalue weighted by atomic mass is 35.5. The molecule has 0 aliphatic carbocycles. The molecular formula is C47H46ClF2N9O4. The molecule has 0 radical (unpaired) electrons. The summed E-state index contributed by atoms with van der Waals surface area (Å²) in [5.41, 5.74) is 15.6. The predicted molar refractivity (Wildman–Crippen MR) is 237 cm³/mol. The molecule has 6 aromatic rings. The Hall–Kier alpha value is -7.39. The average Bonchev–Trinajstić information content (AvgIpc) is 3.90. The number of amides is 4. The summed E-state index contributed by atoms with van der Waals surface area (Å²) in [6.07, 6.45) is 10.6. The molecule has 0 saturated heterocycles. The van der Waals surface area contributed by atoms with E-state index in [1.807, 2.05) is 87.4 Å². The second-order valence-corrected chi connectivity index (χ2v) is 15.6. The maximum Gasteiger partial charge on any atom is 0.321 e. The lowest BCUT2D eigenvalue weighted by Gasteiger charge is -2.30. The summed E-state index contributed by atoms with van der Waals surface area (Å²) in [5.74, 6) is -0.875. The molecule has 13 nitrogen and oxygen atoms in total. The van der Waals surface area contributed by atoms with Gasteiger partial charge in [-0.25, -0.2) is 27.7 Å². The van der Waals surface area contributed by atoms with Crippen LogP contribution in [0.4, 0.5) is 24.1 Å². The van der Waals surface area contributed by atoms with E-state index in [1.165, 1.54) is 59.4 Å². The fourth-order valence-corrected chi connectivity index (χ4v) is 6.83. The fraction of sp³-hybridized carbons (Fsp3) is 0.191. The first-order valence-electron chi connectivity index (χ1n) is 19.7. The minimum atomic E-state index is -0.656. The van der Waals surface area contributed by atoms with Gasteiger partial charge < -0.3 is 26.2 Å². The number of hydrogen-bond donors (Lipinski definition) is 3. The van der Waals surface area contributed by atoms with Crippen molar-refractivity contribution in [3.63, 3.8) is 0 Å². The Morgan fingerprint density at radius 3 is 1.56 bits per heavy atom. The Morgan fingerprint density at radius 2 is 1.11 bits per heavy atom. The lowest BCUT2D eigenvalue weighted by atomic mass is 9.91. The zero-order valence-corrected chi connectivity index (χ0v) is 36.2. The second kappa shape index (κ2) is 19.5. The first-order chi connectivity index (χ1) is 30.0. The fourth-order valence-electron chi connectivity index (χ4n) is 6.67. The van der Waals surface area contributed by atoms with Gasteiger partial charge in [-0.15, -0.1) is 0 Å². The van der Waals surface area contributed by atoms with Crippen molar-refractivity contribution in [2.75, 3.05) is 19.8 Å². The highest BCUT2D eigenvalue weighted by Crippen LogP contribution is 2.29. The van der Waals surface area contributed by atoms with Gasteiger partial charge in [0.2, 0.25) is 0 Å². The molecule has 0 saturated carbocycles. The first kappa shape index (κ1) is 45.1. The summed E-state index contributed by atoms with van der Waals surface area (Å²) in [4.78, 5) is 51.0. The number of nitrogen functional groups attached to an aromatic ring is 1. The number of nitrogens with zero attached hydrogens (tertiary/aromatic N) is 6. The Morgan fingerprint density at radius 1 is 0.667 bits per heavy atom. The summed E-state index contributed by atoms with van der Waals surface area (Å²) < 4.78 is 29.8. The summed E-state index contributed by atoms with van der Waals surface area (Å²) in [5, 5.41) is 13.4. The summed E-state index contributed by atoms with van der Waals surface area (Å²) in [6.45, 7) is 7.94. The monoisotopic (exact) mass is 873 g/mol.